The summed E-state index contributed by atoms with van der Waals surface area (Å²) in [4.78, 5) is 33.5. The van der Waals surface area contributed by atoms with Gasteiger partial charge in [0.2, 0.25) is 0 Å². The summed E-state index contributed by atoms with van der Waals surface area (Å²) in [7, 11) is -4.63. The third-order valence-corrected chi connectivity index (χ3v) is 9.42. The number of aliphatic carboxylic acids is 1. The first-order chi connectivity index (χ1) is 26.7. The normalized spacial score (nSPS) is 14.7. The number of ether oxygens (including phenoxy) is 2. The molecule has 0 heterocycles. The molecule has 0 bridgehead atoms. The molecule has 0 spiro atoms. The average Bonchev–Trinajstić information content (AvgIpc) is 3.16. The van der Waals surface area contributed by atoms with Crippen LogP contribution in [-0.2, 0) is 32.7 Å². The molecular weight excluding hydrogens is 717 g/mol. The zero-order valence-electron chi connectivity index (χ0n) is 34.2. The fourth-order valence-electron chi connectivity index (χ4n) is 5.21. The van der Waals surface area contributed by atoms with Crippen molar-refractivity contribution in [3.05, 3.63) is 72.9 Å². The van der Waals surface area contributed by atoms with Gasteiger partial charge >= 0.3 is 19.8 Å². The van der Waals surface area contributed by atoms with Gasteiger partial charge in [-0.25, -0.2) is 4.57 Å². The number of rotatable bonds is 39. The molecule has 3 atom stereocenters. The molecule has 0 rings (SSSR count). The largest absolute Gasteiger partial charge is 0.480 e. The van der Waals surface area contributed by atoms with Crippen LogP contribution in [0.15, 0.2) is 72.9 Å². The highest BCUT2D eigenvalue weighted by atomic mass is 31.2. The molecule has 0 fully saturated rings. The van der Waals surface area contributed by atoms with Crippen LogP contribution in [0.1, 0.15) is 155 Å². The Labute approximate surface area is 334 Å². The third kappa shape index (κ3) is 39.4. The highest BCUT2D eigenvalue weighted by molar-refractivity contribution is 7.47. The summed E-state index contributed by atoms with van der Waals surface area (Å²) < 4.78 is 33.3. The molecule has 10 nitrogen and oxygen atoms in total. The van der Waals surface area contributed by atoms with E-state index in [2.05, 4.69) is 86.8 Å². The Balaban J connectivity index is 4.35. The van der Waals surface area contributed by atoms with Crippen molar-refractivity contribution in [1.29, 1.82) is 0 Å². The Morgan fingerprint density at radius 3 is 1.58 bits per heavy atom. The Morgan fingerprint density at radius 2 is 1.05 bits per heavy atom. The van der Waals surface area contributed by atoms with Crippen LogP contribution in [0, 0.1) is 0 Å². The van der Waals surface area contributed by atoms with E-state index < -0.39 is 45.1 Å². The number of unbranched alkanes of at least 4 members (excludes halogenated alkanes) is 13. The maximum atomic E-state index is 12.6. The van der Waals surface area contributed by atoms with Gasteiger partial charge in [-0.1, -0.05) is 138 Å². The first-order valence-electron chi connectivity index (χ1n) is 21.0. The number of hydrogen-bond donors (Lipinski definition) is 3. The minimum Gasteiger partial charge on any atom is -0.480 e. The van der Waals surface area contributed by atoms with Crippen LogP contribution in [-0.4, -0.2) is 60.5 Å². The summed E-state index contributed by atoms with van der Waals surface area (Å²) in [6.45, 7) is 3.67. The Bertz CT molecular complexity index is 1150. The van der Waals surface area contributed by atoms with E-state index in [0.29, 0.717) is 13.0 Å². The number of carbonyl (C=O) groups excluding carboxylic acids is 1. The number of carbonyl (C=O) groups is 2. The van der Waals surface area contributed by atoms with Crippen LogP contribution in [0.5, 0.6) is 0 Å². The van der Waals surface area contributed by atoms with Crippen molar-refractivity contribution in [3.8, 4) is 0 Å². The molecule has 0 aromatic heterocycles. The molecule has 316 valence electrons. The lowest BCUT2D eigenvalue weighted by Crippen LogP contribution is -2.34. The second-order valence-corrected chi connectivity index (χ2v) is 15.2. The predicted molar refractivity (Wildman–Crippen MR) is 226 cm³/mol. The molecule has 55 heavy (non-hydrogen) atoms. The van der Waals surface area contributed by atoms with Gasteiger partial charge in [-0.15, -0.1) is 0 Å². The van der Waals surface area contributed by atoms with Crippen LogP contribution in [0.25, 0.3) is 0 Å². The summed E-state index contributed by atoms with van der Waals surface area (Å²) in [6, 6.07) is -1.48. The molecule has 0 aliphatic heterocycles. The molecular formula is C44H76NO9P. The molecule has 4 N–H and O–H groups in total. The second-order valence-electron chi connectivity index (χ2n) is 13.7. The summed E-state index contributed by atoms with van der Waals surface area (Å²) >= 11 is 0. The van der Waals surface area contributed by atoms with Crippen molar-refractivity contribution in [2.75, 3.05) is 26.4 Å². The number of phosphoric acid groups is 1. The van der Waals surface area contributed by atoms with Gasteiger partial charge in [0.15, 0.2) is 0 Å². The van der Waals surface area contributed by atoms with Gasteiger partial charge in [-0.3, -0.25) is 18.6 Å². The number of phosphoric ester groups is 1. The SMILES string of the molecule is CC/C=C\C/C=C\C/C=C\C/C=C\CCCCCCC(=O)OC(COCCCCCCCC/C=C\C/C=C\CCCCC)COP(=O)(O)OCC(N)C(=O)O. The van der Waals surface area contributed by atoms with Crippen molar-refractivity contribution >= 4 is 19.8 Å². The van der Waals surface area contributed by atoms with Gasteiger partial charge in [0.1, 0.15) is 12.1 Å². The number of esters is 1. The zero-order valence-corrected chi connectivity index (χ0v) is 35.1. The smallest absolute Gasteiger partial charge is 0.472 e. The Morgan fingerprint density at radius 1 is 0.600 bits per heavy atom. The topological polar surface area (TPSA) is 155 Å². The van der Waals surface area contributed by atoms with Gasteiger partial charge in [-0.05, 0) is 83.5 Å². The average molecular weight is 794 g/mol. The monoisotopic (exact) mass is 794 g/mol. The molecule has 3 unspecified atom stereocenters. The quantitative estimate of drug-likeness (QED) is 0.0237. The fourth-order valence-corrected chi connectivity index (χ4v) is 5.99. The van der Waals surface area contributed by atoms with Crippen molar-refractivity contribution in [2.45, 2.75) is 167 Å². The molecule has 0 amide bonds. The maximum absolute atomic E-state index is 12.6. The summed E-state index contributed by atoms with van der Waals surface area (Å²) in [6.07, 6.45) is 48.0. The van der Waals surface area contributed by atoms with Gasteiger partial charge in [0, 0.05) is 13.0 Å². The molecule has 0 aliphatic rings. The Kier molecular flexibility index (Phi) is 37.8. The van der Waals surface area contributed by atoms with E-state index in [9.17, 15) is 19.0 Å². The predicted octanol–water partition coefficient (Wildman–Crippen LogP) is 11.4. The van der Waals surface area contributed by atoms with E-state index in [0.717, 1.165) is 83.5 Å². The highest BCUT2D eigenvalue weighted by Gasteiger charge is 2.27. The van der Waals surface area contributed by atoms with Crippen LogP contribution in [0.4, 0.5) is 0 Å². The number of carboxylic acid groups (broad SMARTS) is 1. The Hall–Kier alpha value is -2.59. The lowest BCUT2D eigenvalue weighted by molar-refractivity contribution is -0.154. The minimum atomic E-state index is -4.63. The molecule has 0 saturated carbocycles. The summed E-state index contributed by atoms with van der Waals surface area (Å²) in [5, 5.41) is 8.89. The first-order valence-corrected chi connectivity index (χ1v) is 22.5. The van der Waals surface area contributed by atoms with E-state index in [1.807, 2.05) is 0 Å². The van der Waals surface area contributed by atoms with E-state index in [-0.39, 0.29) is 13.0 Å². The third-order valence-electron chi connectivity index (χ3n) is 8.47. The first kappa shape index (κ1) is 52.4. The number of nitrogens with two attached hydrogens (primary N) is 1. The molecule has 0 radical (unpaired) electrons. The van der Waals surface area contributed by atoms with E-state index in [1.165, 1.54) is 44.9 Å². The molecule has 0 aromatic carbocycles. The molecule has 0 aromatic rings. The lowest BCUT2D eigenvalue weighted by atomic mass is 10.1. The van der Waals surface area contributed by atoms with E-state index in [1.54, 1.807) is 0 Å². The summed E-state index contributed by atoms with van der Waals surface area (Å²) in [5.74, 6) is -1.81. The van der Waals surface area contributed by atoms with Gasteiger partial charge in [-0.2, -0.15) is 0 Å². The van der Waals surface area contributed by atoms with Crippen molar-refractivity contribution < 1.29 is 42.7 Å². The minimum absolute atomic E-state index is 0.00445. The van der Waals surface area contributed by atoms with Crippen LogP contribution in [0.3, 0.4) is 0 Å². The maximum Gasteiger partial charge on any atom is 0.472 e. The zero-order chi connectivity index (χ0) is 40.5. The van der Waals surface area contributed by atoms with Crippen LogP contribution >= 0.6 is 7.82 Å². The molecule has 0 aliphatic carbocycles. The highest BCUT2D eigenvalue weighted by Crippen LogP contribution is 2.43. The van der Waals surface area contributed by atoms with E-state index >= 15 is 0 Å². The van der Waals surface area contributed by atoms with Gasteiger partial charge in [0.05, 0.1) is 19.8 Å². The lowest BCUT2D eigenvalue weighted by Gasteiger charge is -2.20. The van der Waals surface area contributed by atoms with E-state index in [4.69, 9.17) is 29.4 Å². The standard InChI is InChI=1S/C44H76NO9P/c1-3-5-7-9-11-13-15-17-19-21-22-24-26-28-30-32-34-36-43(46)54-41(39-52-55(49,50)53-40-42(45)44(47)48)38-51-37-35-33-31-29-27-25-23-20-18-16-14-12-10-8-6-4-2/h5,7,11-14,17-20,22,24,41-42H,3-4,6,8-10,15-16,21,23,25-40,45H2,1-2H3,(H,47,48)(H,49,50)/b7-5-,13-11-,14-12-,19-17-,20-18-,24-22-. The molecule has 11 heteroatoms. The second kappa shape index (κ2) is 39.6. The fraction of sp³-hybridized carbons (Fsp3) is 0.682. The van der Waals surface area contributed by atoms with Gasteiger partial charge in [0.25, 0.3) is 0 Å². The molecule has 0 saturated heterocycles. The number of allylic oxidation sites excluding steroid dienone is 12. The van der Waals surface area contributed by atoms with Crippen molar-refractivity contribution in [3.63, 3.8) is 0 Å². The summed E-state index contributed by atoms with van der Waals surface area (Å²) in [5.41, 5.74) is 5.35. The van der Waals surface area contributed by atoms with Gasteiger partial charge < -0.3 is 25.2 Å². The van der Waals surface area contributed by atoms with Crippen molar-refractivity contribution in [2.24, 2.45) is 5.73 Å². The van der Waals surface area contributed by atoms with Crippen LogP contribution < -0.4 is 5.73 Å². The number of hydrogen-bond acceptors (Lipinski definition) is 8. The van der Waals surface area contributed by atoms with Crippen molar-refractivity contribution in [1.82, 2.24) is 0 Å². The number of carboxylic acids is 1. The van der Waals surface area contributed by atoms with Crippen LogP contribution in [0.2, 0.25) is 0 Å².